The maximum Gasteiger partial charge on any atom is 0.348 e. The number of nitrogens with zero attached hydrogens (tertiary/aromatic N) is 1. The molecular formula is C20H39N3O2. The number of nitrogens with one attached hydrogen (secondary N) is 1. The van der Waals surface area contributed by atoms with Crippen LogP contribution in [0, 0.1) is 0 Å². The molecule has 0 saturated heterocycles. The van der Waals surface area contributed by atoms with Crippen molar-refractivity contribution < 1.29 is 9.59 Å². The van der Waals surface area contributed by atoms with Gasteiger partial charge in [-0.3, -0.25) is 5.32 Å². The molecule has 5 nitrogen and oxygen atoms in total. The van der Waals surface area contributed by atoms with Gasteiger partial charge in [-0.15, -0.1) is 0 Å². The van der Waals surface area contributed by atoms with Gasteiger partial charge < -0.3 is 5.73 Å². The van der Waals surface area contributed by atoms with E-state index in [1.807, 2.05) is 5.32 Å². The third kappa shape index (κ3) is 17.2. The van der Waals surface area contributed by atoms with Gasteiger partial charge in [0.25, 0.3) is 0 Å². The van der Waals surface area contributed by atoms with Gasteiger partial charge in [-0.05, 0) is 25.7 Å². The lowest BCUT2D eigenvalue weighted by Gasteiger charge is -2.07. The van der Waals surface area contributed by atoms with E-state index >= 15 is 0 Å². The van der Waals surface area contributed by atoms with Crippen LogP contribution in [-0.4, -0.2) is 17.8 Å². The van der Waals surface area contributed by atoms with Crippen LogP contribution < -0.4 is 11.1 Å². The molecule has 25 heavy (non-hydrogen) atoms. The minimum Gasteiger partial charge on any atom is -0.351 e. The van der Waals surface area contributed by atoms with Gasteiger partial charge in [-0.2, -0.15) is 0 Å². The lowest BCUT2D eigenvalue weighted by atomic mass is 10.0. The summed E-state index contributed by atoms with van der Waals surface area (Å²) in [5.41, 5.74) is 5.88. The van der Waals surface area contributed by atoms with Crippen LogP contribution in [0.4, 0.5) is 9.59 Å². The van der Waals surface area contributed by atoms with E-state index in [-0.39, 0.29) is 0 Å². The second-order valence-corrected chi connectivity index (χ2v) is 6.86. The molecule has 0 spiro atoms. The van der Waals surface area contributed by atoms with Gasteiger partial charge in [0.2, 0.25) is 0 Å². The fourth-order valence-corrected chi connectivity index (χ4v) is 2.91. The van der Waals surface area contributed by atoms with E-state index in [9.17, 15) is 9.59 Å². The zero-order valence-electron chi connectivity index (χ0n) is 16.4. The van der Waals surface area contributed by atoms with Gasteiger partial charge in [0.05, 0.1) is 0 Å². The highest BCUT2D eigenvalue weighted by Crippen LogP contribution is 2.13. The number of unbranched alkanes of at least 4 members (excludes halogenated alkanes) is 11. The Morgan fingerprint density at radius 2 is 1.12 bits per heavy atom. The van der Waals surface area contributed by atoms with E-state index in [2.05, 4.69) is 18.8 Å². The van der Waals surface area contributed by atoms with Gasteiger partial charge in [0.15, 0.2) is 0 Å². The smallest absolute Gasteiger partial charge is 0.348 e. The molecule has 0 atom stereocenters. The summed E-state index contributed by atoms with van der Waals surface area (Å²) in [6, 6.07) is -1.47. The summed E-state index contributed by atoms with van der Waals surface area (Å²) in [6.07, 6.45) is 17.7. The summed E-state index contributed by atoms with van der Waals surface area (Å²) >= 11 is 0. The minimum atomic E-state index is -0.844. The van der Waals surface area contributed by atoms with Crippen molar-refractivity contribution >= 4 is 17.8 Å². The normalized spacial score (nSPS) is 11.5. The van der Waals surface area contributed by atoms with Gasteiger partial charge in [-0.1, -0.05) is 84.5 Å². The van der Waals surface area contributed by atoms with Crippen LogP contribution in [0.3, 0.4) is 0 Å². The Bertz CT molecular complexity index is 381. The summed E-state index contributed by atoms with van der Waals surface area (Å²) in [4.78, 5) is 26.5. The van der Waals surface area contributed by atoms with Gasteiger partial charge in [0, 0.05) is 5.71 Å². The Labute approximate surface area is 154 Å². The summed E-state index contributed by atoms with van der Waals surface area (Å²) < 4.78 is 0. The van der Waals surface area contributed by atoms with Crippen molar-refractivity contribution in [2.45, 2.75) is 110 Å². The first-order valence-corrected chi connectivity index (χ1v) is 10.3. The second-order valence-electron chi connectivity index (χ2n) is 6.86. The number of urea groups is 2. The van der Waals surface area contributed by atoms with E-state index in [0.29, 0.717) is 0 Å². The number of hydrogen-bond acceptors (Lipinski definition) is 2. The third-order valence-corrected chi connectivity index (χ3v) is 4.38. The van der Waals surface area contributed by atoms with Crippen LogP contribution in [-0.2, 0) is 0 Å². The quantitative estimate of drug-likeness (QED) is 0.275. The summed E-state index contributed by atoms with van der Waals surface area (Å²) in [5, 5.41) is 2.03. The van der Waals surface area contributed by atoms with Crippen molar-refractivity contribution in [1.82, 2.24) is 5.32 Å². The lowest BCUT2D eigenvalue weighted by molar-refractivity contribution is 0.236. The van der Waals surface area contributed by atoms with Crippen molar-refractivity contribution in [2.24, 2.45) is 10.7 Å². The standard InChI is InChI=1S/C20H39N3O2/c1-3-5-7-9-11-13-15-17-18(22-20(25)23-19(21)24)16-14-12-10-8-6-4-2/h3-17H2,1-2H3,(H3,21,23,24,25). The summed E-state index contributed by atoms with van der Waals surface area (Å²) in [7, 11) is 0. The lowest BCUT2D eigenvalue weighted by Crippen LogP contribution is -2.33. The molecule has 0 aromatic heterocycles. The van der Waals surface area contributed by atoms with Gasteiger partial charge >= 0.3 is 12.1 Å². The highest BCUT2D eigenvalue weighted by atomic mass is 16.2. The van der Waals surface area contributed by atoms with Gasteiger partial charge in [-0.25, -0.2) is 14.6 Å². The Morgan fingerprint density at radius 3 is 1.52 bits per heavy atom. The molecular weight excluding hydrogens is 314 g/mol. The molecule has 0 aliphatic heterocycles. The maximum absolute atomic E-state index is 11.6. The number of aliphatic imine (C=N–C) groups is 1. The predicted molar refractivity (Wildman–Crippen MR) is 106 cm³/mol. The topological polar surface area (TPSA) is 84.6 Å². The minimum absolute atomic E-state index is 0.628. The SMILES string of the molecule is CCCCCCCCCC(CCCCCCCC)=NC(=O)NC(N)=O. The third-order valence-electron chi connectivity index (χ3n) is 4.38. The van der Waals surface area contributed by atoms with Crippen LogP contribution in [0.25, 0.3) is 0 Å². The number of carbonyl (C=O) groups excluding carboxylic acids is 2. The van der Waals surface area contributed by atoms with E-state index in [1.165, 1.54) is 70.6 Å². The van der Waals surface area contributed by atoms with Crippen LogP contribution in [0.1, 0.15) is 110 Å². The van der Waals surface area contributed by atoms with Crippen molar-refractivity contribution in [2.75, 3.05) is 0 Å². The molecule has 5 heteroatoms. The molecule has 0 aromatic carbocycles. The number of nitrogens with two attached hydrogens (primary N) is 1. The fourth-order valence-electron chi connectivity index (χ4n) is 2.91. The average molecular weight is 354 g/mol. The molecule has 0 aliphatic carbocycles. The number of amides is 4. The predicted octanol–water partition coefficient (Wildman–Crippen LogP) is 6.11. The molecule has 146 valence electrons. The van der Waals surface area contributed by atoms with Crippen LogP contribution in [0.15, 0.2) is 4.99 Å². The van der Waals surface area contributed by atoms with Crippen molar-refractivity contribution in [3.05, 3.63) is 0 Å². The average Bonchev–Trinajstić information content (AvgIpc) is 2.56. The second kappa shape index (κ2) is 17.4. The number of carbonyl (C=O) groups is 2. The maximum atomic E-state index is 11.6. The molecule has 0 aromatic rings. The molecule has 0 rings (SSSR count). The number of rotatable bonds is 15. The largest absolute Gasteiger partial charge is 0.351 e. The zero-order valence-corrected chi connectivity index (χ0v) is 16.4. The van der Waals surface area contributed by atoms with E-state index in [4.69, 9.17) is 5.73 Å². The van der Waals surface area contributed by atoms with Crippen molar-refractivity contribution in [3.8, 4) is 0 Å². The van der Waals surface area contributed by atoms with Gasteiger partial charge in [0.1, 0.15) is 0 Å². The van der Waals surface area contributed by atoms with Crippen molar-refractivity contribution in [1.29, 1.82) is 0 Å². The Balaban J connectivity index is 4.13. The van der Waals surface area contributed by atoms with Crippen LogP contribution in [0.2, 0.25) is 0 Å². The first-order valence-electron chi connectivity index (χ1n) is 10.3. The molecule has 0 bridgehead atoms. The summed E-state index contributed by atoms with van der Waals surface area (Å²) in [5.74, 6) is 0. The van der Waals surface area contributed by atoms with Crippen LogP contribution in [0.5, 0.6) is 0 Å². The monoisotopic (exact) mass is 353 g/mol. The Kier molecular flexibility index (Phi) is 16.5. The first kappa shape index (κ1) is 23.6. The number of hydrogen-bond donors (Lipinski definition) is 2. The zero-order chi connectivity index (χ0) is 18.8. The molecule has 0 fully saturated rings. The Hall–Kier alpha value is -1.39. The highest BCUT2D eigenvalue weighted by molar-refractivity contribution is 6.00. The Morgan fingerprint density at radius 1 is 0.720 bits per heavy atom. The van der Waals surface area contributed by atoms with Crippen molar-refractivity contribution in [3.63, 3.8) is 0 Å². The molecule has 0 heterocycles. The molecule has 3 N–H and O–H groups in total. The molecule has 0 saturated carbocycles. The number of imide groups is 1. The van der Waals surface area contributed by atoms with E-state index in [0.717, 1.165) is 31.4 Å². The molecule has 0 unspecified atom stereocenters. The molecule has 0 aliphatic rings. The van der Waals surface area contributed by atoms with E-state index in [1.54, 1.807) is 0 Å². The highest BCUT2D eigenvalue weighted by Gasteiger charge is 2.06. The molecule has 0 radical (unpaired) electrons. The summed E-state index contributed by atoms with van der Waals surface area (Å²) in [6.45, 7) is 4.44. The van der Waals surface area contributed by atoms with Crippen LogP contribution >= 0.6 is 0 Å². The first-order chi connectivity index (χ1) is 12.1. The number of primary amides is 1. The van der Waals surface area contributed by atoms with E-state index < -0.39 is 12.1 Å². The molecule has 4 amide bonds. The fraction of sp³-hybridized carbons (Fsp3) is 0.850.